The van der Waals surface area contributed by atoms with Gasteiger partial charge in [-0.25, -0.2) is 0 Å². The lowest BCUT2D eigenvalue weighted by Gasteiger charge is -2.02. The molecule has 0 fully saturated rings. The maximum absolute atomic E-state index is 9.00. The second-order valence-electron chi connectivity index (χ2n) is 2.20. The van der Waals surface area contributed by atoms with Crippen molar-refractivity contribution in [1.29, 1.82) is 0 Å². The number of rotatable bonds is 0. The van der Waals surface area contributed by atoms with Gasteiger partial charge in [0.15, 0.2) is 0 Å². The summed E-state index contributed by atoms with van der Waals surface area (Å²) in [6, 6.07) is 2.71. The molecular formula is C7H9NO2. The Hall–Kier alpha value is -1.38. The van der Waals surface area contributed by atoms with Crippen LogP contribution in [0.5, 0.6) is 11.5 Å². The molecule has 0 saturated carbocycles. The summed E-state index contributed by atoms with van der Waals surface area (Å²) in [5, 5.41) is 17.9. The maximum atomic E-state index is 9.00. The van der Waals surface area contributed by atoms with E-state index < -0.39 is 0 Å². The van der Waals surface area contributed by atoms with Crippen LogP contribution in [0.2, 0.25) is 0 Å². The first-order chi connectivity index (χ1) is 4.61. The highest BCUT2D eigenvalue weighted by molar-refractivity contribution is 5.59. The number of aryl methyl sites for hydroxylation is 1. The Morgan fingerprint density at radius 2 is 1.90 bits per heavy atom. The summed E-state index contributed by atoms with van der Waals surface area (Å²) in [5.41, 5.74) is 6.39. The highest BCUT2D eigenvalue weighted by atomic mass is 16.3. The lowest BCUT2D eigenvalue weighted by atomic mass is 10.2. The van der Waals surface area contributed by atoms with Crippen LogP contribution in [-0.2, 0) is 0 Å². The van der Waals surface area contributed by atoms with E-state index in [4.69, 9.17) is 15.9 Å². The van der Waals surface area contributed by atoms with Crippen molar-refractivity contribution in [2.75, 3.05) is 5.73 Å². The maximum Gasteiger partial charge on any atom is 0.142 e. The predicted octanol–water partition coefficient (Wildman–Crippen LogP) is 0.988. The fourth-order valence-corrected chi connectivity index (χ4v) is 0.761. The van der Waals surface area contributed by atoms with E-state index in [1.807, 2.05) is 0 Å². The van der Waals surface area contributed by atoms with E-state index in [1.165, 1.54) is 12.1 Å². The van der Waals surface area contributed by atoms with Gasteiger partial charge in [-0.05, 0) is 18.6 Å². The molecule has 10 heavy (non-hydrogen) atoms. The number of phenolic OH excluding ortho intramolecular Hbond substituents is 2. The molecule has 1 rings (SSSR count). The van der Waals surface area contributed by atoms with Gasteiger partial charge >= 0.3 is 0 Å². The topological polar surface area (TPSA) is 66.5 Å². The average molecular weight is 139 g/mol. The molecule has 0 aliphatic heterocycles. The minimum absolute atomic E-state index is 0.0317. The number of aromatic hydroxyl groups is 2. The molecule has 1 aromatic carbocycles. The second kappa shape index (κ2) is 2.10. The van der Waals surface area contributed by atoms with E-state index in [9.17, 15) is 0 Å². The zero-order chi connectivity index (χ0) is 7.72. The minimum atomic E-state index is -0.0718. The fourth-order valence-electron chi connectivity index (χ4n) is 0.761. The molecule has 0 aliphatic rings. The Morgan fingerprint density at radius 1 is 1.30 bits per heavy atom. The van der Waals surface area contributed by atoms with Gasteiger partial charge in [-0.2, -0.15) is 0 Å². The molecule has 1 aromatic rings. The quantitative estimate of drug-likeness (QED) is 0.285. The number of benzene rings is 1. The van der Waals surface area contributed by atoms with Crippen molar-refractivity contribution in [3.8, 4) is 11.5 Å². The number of hydrogen-bond acceptors (Lipinski definition) is 3. The third kappa shape index (κ3) is 0.978. The standard InChI is InChI=1S/C7H9NO2/c1-4-2-5(9)3-6(10)7(4)8/h2-3,9-10H,8H2,1H3. The van der Waals surface area contributed by atoms with E-state index in [0.29, 0.717) is 11.3 Å². The third-order valence-corrected chi connectivity index (χ3v) is 1.35. The first-order valence-electron chi connectivity index (χ1n) is 2.89. The lowest BCUT2D eigenvalue weighted by molar-refractivity contribution is 0.451. The molecule has 3 nitrogen and oxygen atoms in total. The van der Waals surface area contributed by atoms with E-state index in [1.54, 1.807) is 6.92 Å². The molecular weight excluding hydrogens is 130 g/mol. The summed E-state index contributed by atoms with van der Waals surface area (Å²) >= 11 is 0. The Morgan fingerprint density at radius 3 is 2.40 bits per heavy atom. The zero-order valence-corrected chi connectivity index (χ0v) is 5.63. The van der Waals surface area contributed by atoms with Crippen LogP contribution in [0.1, 0.15) is 5.56 Å². The van der Waals surface area contributed by atoms with Crippen LogP contribution >= 0.6 is 0 Å². The summed E-state index contributed by atoms with van der Waals surface area (Å²) in [7, 11) is 0. The van der Waals surface area contributed by atoms with Gasteiger partial charge < -0.3 is 15.9 Å². The SMILES string of the molecule is Cc1cc(O)cc(O)c1N. The number of phenols is 2. The van der Waals surface area contributed by atoms with E-state index in [2.05, 4.69) is 0 Å². The molecule has 0 spiro atoms. The van der Waals surface area contributed by atoms with Crippen LogP contribution in [0.4, 0.5) is 5.69 Å². The highest BCUT2D eigenvalue weighted by Gasteiger charge is 2.01. The summed E-state index contributed by atoms with van der Waals surface area (Å²) in [6.07, 6.45) is 0. The molecule has 3 heteroatoms. The minimum Gasteiger partial charge on any atom is -0.508 e. The molecule has 0 aliphatic carbocycles. The third-order valence-electron chi connectivity index (χ3n) is 1.35. The average Bonchev–Trinajstić information content (AvgIpc) is 1.82. The monoisotopic (exact) mass is 139 g/mol. The zero-order valence-electron chi connectivity index (χ0n) is 5.63. The van der Waals surface area contributed by atoms with Crippen LogP contribution in [0, 0.1) is 6.92 Å². The molecule has 54 valence electrons. The predicted molar refractivity (Wildman–Crippen MR) is 38.9 cm³/mol. The Labute approximate surface area is 58.7 Å². The van der Waals surface area contributed by atoms with Crippen molar-refractivity contribution < 1.29 is 10.2 Å². The van der Waals surface area contributed by atoms with Crippen LogP contribution in [0.15, 0.2) is 12.1 Å². The van der Waals surface area contributed by atoms with Gasteiger partial charge in [0, 0.05) is 6.07 Å². The fraction of sp³-hybridized carbons (Fsp3) is 0.143. The van der Waals surface area contributed by atoms with E-state index in [0.717, 1.165) is 0 Å². The molecule has 0 unspecified atom stereocenters. The van der Waals surface area contributed by atoms with Gasteiger partial charge in [-0.15, -0.1) is 0 Å². The van der Waals surface area contributed by atoms with Crippen LogP contribution in [0.25, 0.3) is 0 Å². The van der Waals surface area contributed by atoms with Crippen LogP contribution < -0.4 is 5.73 Å². The number of nitrogens with two attached hydrogens (primary N) is 1. The largest absolute Gasteiger partial charge is 0.508 e. The summed E-state index contributed by atoms with van der Waals surface area (Å²) in [4.78, 5) is 0. The Bertz CT molecular complexity index is 235. The van der Waals surface area contributed by atoms with Crippen molar-refractivity contribution >= 4 is 5.69 Å². The van der Waals surface area contributed by atoms with Gasteiger partial charge in [0.2, 0.25) is 0 Å². The molecule has 0 atom stereocenters. The Balaban J connectivity index is 3.31. The van der Waals surface area contributed by atoms with Crippen molar-refractivity contribution in [3.63, 3.8) is 0 Å². The highest BCUT2D eigenvalue weighted by Crippen LogP contribution is 2.28. The molecule has 0 radical (unpaired) electrons. The van der Waals surface area contributed by atoms with E-state index >= 15 is 0 Å². The van der Waals surface area contributed by atoms with Crippen LogP contribution in [0.3, 0.4) is 0 Å². The van der Waals surface area contributed by atoms with Gasteiger partial charge in [-0.3, -0.25) is 0 Å². The summed E-state index contributed by atoms with van der Waals surface area (Å²) in [5.74, 6) is -0.0401. The number of nitrogen functional groups attached to an aromatic ring is 1. The van der Waals surface area contributed by atoms with Gasteiger partial charge in [0.05, 0.1) is 5.69 Å². The normalized spacial score (nSPS) is 9.70. The summed E-state index contributed by atoms with van der Waals surface area (Å²) < 4.78 is 0. The molecule has 4 N–H and O–H groups in total. The van der Waals surface area contributed by atoms with E-state index in [-0.39, 0.29) is 11.5 Å². The second-order valence-corrected chi connectivity index (χ2v) is 2.20. The molecule has 0 heterocycles. The van der Waals surface area contributed by atoms with Crippen molar-refractivity contribution in [1.82, 2.24) is 0 Å². The molecule has 0 amide bonds. The van der Waals surface area contributed by atoms with Crippen LogP contribution in [-0.4, -0.2) is 10.2 Å². The number of hydrogen-bond donors (Lipinski definition) is 3. The van der Waals surface area contributed by atoms with Gasteiger partial charge in [0.1, 0.15) is 11.5 Å². The Kier molecular flexibility index (Phi) is 1.41. The molecule has 0 saturated heterocycles. The van der Waals surface area contributed by atoms with Crippen molar-refractivity contribution in [2.24, 2.45) is 0 Å². The first kappa shape index (κ1) is 6.74. The first-order valence-corrected chi connectivity index (χ1v) is 2.89. The van der Waals surface area contributed by atoms with Gasteiger partial charge in [-0.1, -0.05) is 0 Å². The van der Waals surface area contributed by atoms with Crippen molar-refractivity contribution in [2.45, 2.75) is 6.92 Å². The van der Waals surface area contributed by atoms with Gasteiger partial charge in [0.25, 0.3) is 0 Å². The lowest BCUT2D eigenvalue weighted by Crippen LogP contribution is -1.88. The summed E-state index contributed by atoms with van der Waals surface area (Å²) in [6.45, 7) is 1.72. The number of anilines is 1. The molecule has 0 aromatic heterocycles. The molecule has 0 bridgehead atoms. The van der Waals surface area contributed by atoms with Crippen molar-refractivity contribution in [3.05, 3.63) is 17.7 Å². The smallest absolute Gasteiger partial charge is 0.142 e.